The minimum absolute atomic E-state index is 0.510. The molecule has 2 atom stereocenters. The van der Waals surface area contributed by atoms with Gasteiger partial charge in [-0.15, -0.1) is 0 Å². The summed E-state index contributed by atoms with van der Waals surface area (Å²) in [5.41, 5.74) is 0. The fourth-order valence-electron chi connectivity index (χ4n) is 4.37. The predicted molar refractivity (Wildman–Crippen MR) is 120 cm³/mol. The van der Waals surface area contributed by atoms with E-state index in [-0.39, 0.29) is 0 Å². The molecule has 3 heteroatoms. The second-order valence-electron chi connectivity index (χ2n) is 8.24. The zero-order chi connectivity index (χ0) is 19.2. The summed E-state index contributed by atoms with van der Waals surface area (Å²) in [7, 11) is -0.535. The summed E-state index contributed by atoms with van der Waals surface area (Å²) in [4.78, 5) is 0. The molecule has 27 heavy (non-hydrogen) atoms. The molecular weight excluding hydrogens is 347 g/mol. The van der Waals surface area contributed by atoms with Crippen LogP contribution >= 0.6 is 8.07 Å². The first kappa shape index (κ1) is 20.5. The van der Waals surface area contributed by atoms with E-state index in [1.165, 1.54) is 36.3 Å². The quantitative estimate of drug-likeness (QED) is 0.674. The first-order valence-corrected chi connectivity index (χ1v) is 11.8. The highest BCUT2D eigenvalue weighted by Crippen LogP contribution is 2.45. The lowest BCUT2D eigenvalue weighted by atomic mass is 9.89. The molecule has 1 aliphatic carbocycles. The van der Waals surface area contributed by atoms with Crippen molar-refractivity contribution < 1.29 is 0 Å². The van der Waals surface area contributed by atoms with Gasteiger partial charge in [0.25, 0.3) is 0 Å². The normalized spacial score (nSPS) is 20.7. The predicted octanol–water partition coefficient (Wildman–Crippen LogP) is 5.05. The van der Waals surface area contributed by atoms with Crippen LogP contribution in [0.1, 0.15) is 53.4 Å². The van der Waals surface area contributed by atoms with Gasteiger partial charge in [-0.2, -0.15) is 0 Å². The average Bonchev–Trinajstić information content (AvgIpc) is 2.67. The minimum atomic E-state index is -0.535. The number of nitrogens with one attached hydrogen (secondary N) is 1. The number of rotatable bonds is 7. The third kappa shape index (κ3) is 5.19. The Morgan fingerprint density at radius 2 is 1.33 bits per heavy atom. The Balaban J connectivity index is 2.02. The van der Waals surface area contributed by atoms with Crippen molar-refractivity contribution in [3.8, 4) is 0 Å². The fourth-order valence-corrected chi connectivity index (χ4v) is 7.14. The zero-order valence-electron chi connectivity index (χ0n) is 17.3. The molecule has 1 N–H and O–H groups in total. The summed E-state index contributed by atoms with van der Waals surface area (Å²) in [6.07, 6.45) is 5.28. The lowest BCUT2D eigenvalue weighted by molar-refractivity contribution is 0.177. The van der Waals surface area contributed by atoms with Crippen molar-refractivity contribution in [3.63, 3.8) is 0 Å². The van der Waals surface area contributed by atoms with Crippen molar-refractivity contribution in [1.29, 1.82) is 0 Å². The van der Waals surface area contributed by atoms with E-state index in [1.54, 1.807) is 0 Å². The van der Waals surface area contributed by atoms with Gasteiger partial charge in [0.2, 0.25) is 0 Å². The molecule has 1 aliphatic rings. The van der Waals surface area contributed by atoms with Gasteiger partial charge in [0.15, 0.2) is 0 Å². The minimum Gasteiger partial charge on any atom is -0.310 e. The summed E-state index contributed by atoms with van der Waals surface area (Å²) < 4.78 is 2.85. The van der Waals surface area contributed by atoms with Crippen LogP contribution in [0.3, 0.4) is 0 Å². The van der Waals surface area contributed by atoms with Crippen LogP contribution < -0.4 is 15.9 Å². The number of hydrogen-bond donors (Lipinski definition) is 1. The molecule has 0 spiro atoms. The lowest BCUT2D eigenvalue weighted by Crippen LogP contribution is -2.55. The van der Waals surface area contributed by atoms with Gasteiger partial charge < -0.3 is 5.32 Å². The molecule has 0 heterocycles. The molecule has 2 aromatic carbocycles. The van der Waals surface area contributed by atoms with E-state index < -0.39 is 8.07 Å². The van der Waals surface area contributed by atoms with E-state index >= 15 is 0 Å². The molecule has 0 aliphatic heterocycles. The largest absolute Gasteiger partial charge is 0.310 e. The molecule has 0 amide bonds. The SMILES string of the molecule is CC(C)N[C@@H]1CCCC[C@H]1N(C(C)C)P(c1ccccc1)c1ccccc1. The average molecular weight is 383 g/mol. The van der Waals surface area contributed by atoms with Crippen molar-refractivity contribution in [2.45, 2.75) is 77.5 Å². The van der Waals surface area contributed by atoms with Gasteiger partial charge in [0.1, 0.15) is 0 Å². The molecular formula is C24H35N2P. The zero-order valence-corrected chi connectivity index (χ0v) is 18.2. The maximum Gasteiger partial charge on any atom is 0.0296 e. The van der Waals surface area contributed by atoms with Crippen LogP contribution in [-0.2, 0) is 0 Å². The molecule has 0 bridgehead atoms. The first-order valence-electron chi connectivity index (χ1n) is 10.5. The van der Waals surface area contributed by atoms with Crippen LogP contribution in [-0.4, -0.2) is 28.8 Å². The second kappa shape index (κ2) is 9.82. The molecule has 0 unspecified atom stereocenters. The summed E-state index contributed by atoms with van der Waals surface area (Å²) in [6, 6.07) is 24.5. The lowest BCUT2D eigenvalue weighted by Gasteiger charge is -2.47. The molecule has 3 rings (SSSR count). The van der Waals surface area contributed by atoms with E-state index in [4.69, 9.17) is 0 Å². The molecule has 1 fully saturated rings. The maximum atomic E-state index is 3.89. The van der Waals surface area contributed by atoms with Crippen molar-refractivity contribution in [2.24, 2.45) is 0 Å². The second-order valence-corrected chi connectivity index (χ2v) is 10.4. The summed E-state index contributed by atoms with van der Waals surface area (Å²) >= 11 is 0. The smallest absolute Gasteiger partial charge is 0.0296 e. The third-order valence-corrected chi connectivity index (χ3v) is 8.17. The van der Waals surface area contributed by atoms with Crippen LogP contribution in [0.15, 0.2) is 60.7 Å². The molecule has 0 aromatic heterocycles. The van der Waals surface area contributed by atoms with E-state index in [0.29, 0.717) is 24.2 Å². The number of benzene rings is 2. The van der Waals surface area contributed by atoms with Gasteiger partial charge in [-0.05, 0) is 37.3 Å². The fraction of sp³-hybridized carbons (Fsp3) is 0.500. The van der Waals surface area contributed by atoms with Crippen LogP contribution in [0, 0.1) is 0 Å². The standard InChI is InChI=1S/C24H35N2P/c1-19(2)25-23-17-11-12-18-24(23)26(20(3)4)27(21-13-7-5-8-14-21)22-15-9-6-10-16-22/h5-10,13-16,19-20,23-25H,11-12,17-18H2,1-4H3/t23-,24-/m1/s1. The highest BCUT2D eigenvalue weighted by Gasteiger charge is 2.37. The van der Waals surface area contributed by atoms with E-state index in [2.05, 4.69) is 98.3 Å². The monoisotopic (exact) mass is 382 g/mol. The summed E-state index contributed by atoms with van der Waals surface area (Å²) in [5.74, 6) is 0. The van der Waals surface area contributed by atoms with Gasteiger partial charge in [-0.25, -0.2) is 0 Å². The van der Waals surface area contributed by atoms with Crippen molar-refractivity contribution in [2.75, 3.05) is 0 Å². The Labute approximate surface area is 167 Å². The topological polar surface area (TPSA) is 15.3 Å². The molecule has 1 saturated carbocycles. The number of nitrogens with zero attached hydrogens (tertiary/aromatic N) is 1. The molecule has 146 valence electrons. The Bertz CT molecular complexity index is 632. The van der Waals surface area contributed by atoms with E-state index in [0.717, 1.165) is 0 Å². The number of hydrogen-bond acceptors (Lipinski definition) is 2. The maximum absolute atomic E-state index is 3.89. The molecule has 0 saturated heterocycles. The first-order chi connectivity index (χ1) is 13.1. The van der Waals surface area contributed by atoms with Crippen LogP contribution in [0.4, 0.5) is 0 Å². The van der Waals surface area contributed by atoms with Gasteiger partial charge in [-0.3, -0.25) is 4.67 Å². The van der Waals surface area contributed by atoms with Crippen molar-refractivity contribution in [1.82, 2.24) is 9.99 Å². The Hall–Kier alpha value is -1.21. The van der Waals surface area contributed by atoms with Gasteiger partial charge in [0, 0.05) is 32.2 Å². The summed E-state index contributed by atoms with van der Waals surface area (Å²) in [6.45, 7) is 9.32. The Morgan fingerprint density at radius 1 is 0.815 bits per heavy atom. The van der Waals surface area contributed by atoms with Crippen LogP contribution in [0.25, 0.3) is 0 Å². The molecule has 2 aromatic rings. The summed E-state index contributed by atoms with van der Waals surface area (Å²) in [5, 5.41) is 6.81. The Morgan fingerprint density at radius 3 is 1.81 bits per heavy atom. The van der Waals surface area contributed by atoms with Crippen LogP contribution in [0.5, 0.6) is 0 Å². The highest BCUT2D eigenvalue weighted by molar-refractivity contribution is 7.70. The van der Waals surface area contributed by atoms with E-state index in [9.17, 15) is 0 Å². The van der Waals surface area contributed by atoms with Crippen molar-refractivity contribution in [3.05, 3.63) is 60.7 Å². The van der Waals surface area contributed by atoms with Gasteiger partial charge in [0.05, 0.1) is 0 Å². The molecule has 2 nitrogen and oxygen atoms in total. The highest BCUT2D eigenvalue weighted by atomic mass is 31.1. The van der Waals surface area contributed by atoms with Gasteiger partial charge in [-0.1, -0.05) is 87.4 Å². The van der Waals surface area contributed by atoms with Crippen molar-refractivity contribution >= 4 is 18.7 Å². The van der Waals surface area contributed by atoms with Gasteiger partial charge >= 0.3 is 0 Å². The van der Waals surface area contributed by atoms with E-state index in [1.807, 2.05) is 0 Å². The third-order valence-electron chi connectivity index (χ3n) is 5.38. The Kier molecular flexibility index (Phi) is 7.47. The van der Waals surface area contributed by atoms with Crippen LogP contribution in [0.2, 0.25) is 0 Å². The molecule has 0 radical (unpaired) electrons.